The van der Waals surface area contributed by atoms with Crippen LogP contribution in [0.4, 0.5) is 5.69 Å². The Bertz CT molecular complexity index is 383. The zero-order valence-corrected chi connectivity index (χ0v) is 12.4. The summed E-state index contributed by atoms with van der Waals surface area (Å²) >= 11 is 0. The number of hydrogen-bond donors (Lipinski definition) is 1. The van der Waals surface area contributed by atoms with E-state index in [-0.39, 0.29) is 0 Å². The van der Waals surface area contributed by atoms with Crippen molar-refractivity contribution in [3.8, 4) is 0 Å². The third kappa shape index (κ3) is 4.18. The number of anilines is 1. The van der Waals surface area contributed by atoms with Crippen molar-refractivity contribution in [1.82, 2.24) is 15.2 Å². The van der Waals surface area contributed by atoms with Crippen molar-refractivity contribution in [3.63, 3.8) is 0 Å². The van der Waals surface area contributed by atoms with E-state index >= 15 is 0 Å². The van der Waals surface area contributed by atoms with Gasteiger partial charge >= 0.3 is 0 Å². The second kappa shape index (κ2) is 6.87. The fourth-order valence-electron chi connectivity index (χ4n) is 2.39. The van der Waals surface area contributed by atoms with Crippen molar-refractivity contribution in [2.75, 3.05) is 44.7 Å². The summed E-state index contributed by atoms with van der Waals surface area (Å²) in [5.74, 6) is 0.689. The second-order valence-corrected chi connectivity index (χ2v) is 5.82. The number of likely N-dealkylation sites (N-methyl/N-ethyl adjacent to an activating group) is 1. The van der Waals surface area contributed by atoms with Crippen LogP contribution in [0.2, 0.25) is 0 Å². The Morgan fingerprint density at radius 3 is 2.68 bits per heavy atom. The van der Waals surface area contributed by atoms with Gasteiger partial charge in [0, 0.05) is 38.9 Å². The van der Waals surface area contributed by atoms with Gasteiger partial charge in [-0.25, -0.2) is 0 Å². The quantitative estimate of drug-likeness (QED) is 0.873. The molecular weight excluding hydrogens is 236 g/mol. The van der Waals surface area contributed by atoms with Gasteiger partial charge in [-0.15, -0.1) is 0 Å². The molecule has 19 heavy (non-hydrogen) atoms. The first-order valence-corrected chi connectivity index (χ1v) is 7.24. The molecule has 2 rings (SSSR count). The van der Waals surface area contributed by atoms with Crippen molar-refractivity contribution < 1.29 is 0 Å². The summed E-state index contributed by atoms with van der Waals surface area (Å²) < 4.78 is 0. The summed E-state index contributed by atoms with van der Waals surface area (Å²) in [6.07, 6.45) is 3.91. The molecule has 0 saturated carbocycles. The number of rotatable bonds is 5. The third-order valence-corrected chi connectivity index (χ3v) is 3.60. The first-order valence-electron chi connectivity index (χ1n) is 7.24. The molecule has 0 aliphatic carbocycles. The van der Waals surface area contributed by atoms with Crippen LogP contribution >= 0.6 is 0 Å². The van der Waals surface area contributed by atoms with Crippen LogP contribution < -0.4 is 10.2 Å². The molecule has 0 atom stereocenters. The van der Waals surface area contributed by atoms with Gasteiger partial charge in [-0.2, -0.15) is 0 Å². The summed E-state index contributed by atoms with van der Waals surface area (Å²) in [7, 11) is 2.19. The average molecular weight is 262 g/mol. The van der Waals surface area contributed by atoms with Crippen LogP contribution in [-0.4, -0.2) is 49.7 Å². The van der Waals surface area contributed by atoms with Crippen molar-refractivity contribution >= 4 is 5.69 Å². The van der Waals surface area contributed by atoms with Gasteiger partial charge in [0.15, 0.2) is 0 Å². The first-order chi connectivity index (χ1) is 9.16. The number of piperazine rings is 1. The lowest BCUT2D eigenvalue weighted by atomic mass is 10.1. The standard InChI is InChI=1S/C15H26N4/c1-13(2)10-17-11-14-4-5-16-12-15(14)19-8-6-18(3)7-9-19/h4-5,12-13,17H,6-11H2,1-3H3. The van der Waals surface area contributed by atoms with Gasteiger partial charge in [-0.3, -0.25) is 4.98 Å². The molecule has 1 saturated heterocycles. The fraction of sp³-hybridized carbons (Fsp3) is 0.667. The van der Waals surface area contributed by atoms with Crippen LogP contribution in [0, 0.1) is 5.92 Å². The molecule has 1 aromatic heterocycles. The van der Waals surface area contributed by atoms with Crippen LogP contribution in [0.25, 0.3) is 0 Å². The van der Waals surface area contributed by atoms with Crippen molar-refractivity contribution in [2.24, 2.45) is 5.92 Å². The number of nitrogens with one attached hydrogen (secondary N) is 1. The van der Waals surface area contributed by atoms with Crippen LogP contribution in [-0.2, 0) is 6.54 Å². The topological polar surface area (TPSA) is 31.4 Å². The average Bonchev–Trinajstić information content (AvgIpc) is 2.40. The smallest absolute Gasteiger partial charge is 0.0599 e. The zero-order chi connectivity index (χ0) is 13.7. The molecule has 4 heteroatoms. The number of pyridine rings is 1. The molecule has 0 spiro atoms. The highest BCUT2D eigenvalue weighted by Crippen LogP contribution is 2.20. The lowest BCUT2D eigenvalue weighted by Gasteiger charge is -2.35. The van der Waals surface area contributed by atoms with Gasteiger partial charge in [0.2, 0.25) is 0 Å². The molecule has 1 aliphatic rings. The maximum atomic E-state index is 4.30. The van der Waals surface area contributed by atoms with Gasteiger partial charge in [0.25, 0.3) is 0 Å². The Morgan fingerprint density at radius 1 is 1.26 bits per heavy atom. The highest BCUT2D eigenvalue weighted by molar-refractivity contribution is 5.52. The van der Waals surface area contributed by atoms with Gasteiger partial charge in [0.05, 0.1) is 11.9 Å². The van der Waals surface area contributed by atoms with Crippen molar-refractivity contribution in [2.45, 2.75) is 20.4 Å². The van der Waals surface area contributed by atoms with Crippen LogP contribution in [0.15, 0.2) is 18.5 Å². The molecule has 1 aromatic rings. The maximum absolute atomic E-state index is 4.30. The Balaban J connectivity index is 1.99. The monoisotopic (exact) mass is 262 g/mol. The lowest BCUT2D eigenvalue weighted by molar-refractivity contribution is 0.312. The Kier molecular flexibility index (Phi) is 5.16. The summed E-state index contributed by atoms with van der Waals surface area (Å²) in [6.45, 7) is 10.9. The predicted octanol–water partition coefficient (Wildman–Crippen LogP) is 1.58. The van der Waals surface area contributed by atoms with Crippen LogP contribution in [0.1, 0.15) is 19.4 Å². The highest BCUT2D eigenvalue weighted by Gasteiger charge is 2.16. The van der Waals surface area contributed by atoms with Gasteiger partial charge in [0.1, 0.15) is 0 Å². The molecular formula is C15H26N4. The molecule has 106 valence electrons. The van der Waals surface area contributed by atoms with Crippen molar-refractivity contribution in [3.05, 3.63) is 24.0 Å². The van der Waals surface area contributed by atoms with Gasteiger partial charge in [-0.1, -0.05) is 13.8 Å². The molecule has 2 heterocycles. The highest BCUT2D eigenvalue weighted by atomic mass is 15.2. The molecule has 0 bridgehead atoms. The molecule has 0 unspecified atom stereocenters. The minimum Gasteiger partial charge on any atom is -0.367 e. The largest absolute Gasteiger partial charge is 0.367 e. The van der Waals surface area contributed by atoms with Crippen molar-refractivity contribution in [1.29, 1.82) is 0 Å². The SMILES string of the molecule is CC(C)CNCc1ccncc1N1CCN(C)CC1. The van der Waals surface area contributed by atoms with E-state index in [0.717, 1.165) is 39.3 Å². The summed E-state index contributed by atoms with van der Waals surface area (Å²) in [6, 6.07) is 2.14. The summed E-state index contributed by atoms with van der Waals surface area (Å²) in [5, 5.41) is 3.52. The third-order valence-electron chi connectivity index (χ3n) is 3.60. The number of nitrogens with zero attached hydrogens (tertiary/aromatic N) is 3. The number of aromatic nitrogens is 1. The van der Waals surface area contributed by atoms with Gasteiger partial charge in [-0.05, 0) is 31.1 Å². The summed E-state index contributed by atoms with van der Waals surface area (Å²) in [5.41, 5.74) is 2.66. The zero-order valence-electron chi connectivity index (χ0n) is 12.4. The number of hydrogen-bond acceptors (Lipinski definition) is 4. The van der Waals surface area contributed by atoms with E-state index in [1.165, 1.54) is 11.3 Å². The second-order valence-electron chi connectivity index (χ2n) is 5.82. The van der Waals surface area contributed by atoms with Crippen LogP contribution in [0.3, 0.4) is 0 Å². The minimum absolute atomic E-state index is 0.689. The predicted molar refractivity (Wildman–Crippen MR) is 80.5 cm³/mol. The van der Waals surface area contributed by atoms with E-state index in [9.17, 15) is 0 Å². The minimum atomic E-state index is 0.689. The molecule has 1 fully saturated rings. The Morgan fingerprint density at radius 2 is 2.00 bits per heavy atom. The molecule has 0 amide bonds. The van der Waals surface area contributed by atoms with E-state index < -0.39 is 0 Å². The Hall–Kier alpha value is -1.13. The van der Waals surface area contributed by atoms with E-state index in [1.54, 1.807) is 0 Å². The van der Waals surface area contributed by atoms with E-state index in [1.807, 2.05) is 12.4 Å². The van der Waals surface area contributed by atoms with Crippen LogP contribution in [0.5, 0.6) is 0 Å². The normalized spacial score (nSPS) is 17.2. The van der Waals surface area contributed by atoms with Gasteiger partial charge < -0.3 is 15.1 Å². The summed E-state index contributed by atoms with van der Waals surface area (Å²) in [4.78, 5) is 9.14. The fourth-order valence-corrected chi connectivity index (χ4v) is 2.39. The molecule has 1 N–H and O–H groups in total. The molecule has 4 nitrogen and oxygen atoms in total. The molecule has 0 aromatic carbocycles. The van der Waals surface area contributed by atoms with E-state index in [4.69, 9.17) is 0 Å². The van der Waals surface area contributed by atoms with E-state index in [2.05, 4.69) is 47.1 Å². The Labute approximate surface area is 116 Å². The molecule has 1 aliphatic heterocycles. The first kappa shape index (κ1) is 14.3. The maximum Gasteiger partial charge on any atom is 0.0599 e. The van der Waals surface area contributed by atoms with E-state index in [0.29, 0.717) is 5.92 Å². The lowest BCUT2D eigenvalue weighted by Crippen LogP contribution is -2.45. The molecule has 0 radical (unpaired) electrons.